The van der Waals surface area contributed by atoms with E-state index in [4.69, 9.17) is 0 Å². The van der Waals surface area contributed by atoms with E-state index in [1.54, 1.807) is 6.07 Å². The molecule has 1 amide bonds. The van der Waals surface area contributed by atoms with E-state index in [1.807, 2.05) is 24.3 Å². The molecule has 0 radical (unpaired) electrons. The summed E-state index contributed by atoms with van der Waals surface area (Å²) in [6, 6.07) is 13.6. The molecule has 3 nitrogen and oxygen atoms in total. The van der Waals surface area contributed by atoms with Gasteiger partial charge in [-0.05, 0) is 40.8 Å². The Morgan fingerprint density at radius 1 is 1.08 bits per heavy atom. The summed E-state index contributed by atoms with van der Waals surface area (Å²) in [4.78, 5) is 12.1. The van der Waals surface area contributed by atoms with E-state index in [-0.39, 0.29) is 19.1 Å². The summed E-state index contributed by atoms with van der Waals surface area (Å²) in [5.41, 5.74) is 5.11. The molecule has 24 heavy (non-hydrogen) atoms. The average molecular weight is 335 g/mol. The second-order valence-electron chi connectivity index (χ2n) is 5.63. The lowest BCUT2D eigenvalue weighted by Gasteiger charge is -2.09. The molecular weight excluding hydrogens is 319 g/mol. The van der Waals surface area contributed by atoms with Crippen LogP contribution in [0.1, 0.15) is 21.5 Å². The van der Waals surface area contributed by atoms with Gasteiger partial charge in [0.05, 0.1) is 6.61 Å². The summed E-state index contributed by atoms with van der Waals surface area (Å²) < 4.78 is 40.3. The summed E-state index contributed by atoms with van der Waals surface area (Å²) in [5.74, 6) is -0.315. The molecule has 0 atom stereocenters. The minimum Gasteiger partial charge on any atom is -0.370 e. The molecule has 1 N–H and O–H groups in total. The van der Waals surface area contributed by atoms with Crippen LogP contribution < -0.4 is 5.32 Å². The van der Waals surface area contributed by atoms with Crippen LogP contribution >= 0.6 is 0 Å². The maximum Gasteiger partial charge on any atom is 0.411 e. The van der Waals surface area contributed by atoms with Crippen LogP contribution in [0.5, 0.6) is 0 Å². The molecule has 1 aliphatic carbocycles. The van der Waals surface area contributed by atoms with Crippen molar-refractivity contribution in [1.29, 1.82) is 0 Å². The van der Waals surface area contributed by atoms with Crippen molar-refractivity contribution in [2.45, 2.75) is 12.6 Å². The molecule has 0 saturated heterocycles. The maximum atomic E-state index is 12.1. The number of benzene rings is 2. The number of rotatable bonds is 5. The zero-order valence-electron chi connectivity index (χ0n) is 12.8. The number of alkyl halides is 3. The van der Waals surface area contributed by atoms with E-state index in [0.29, 0.717) is 5.56 Å². The number of halogens is 3. The summed E-state index contributed by atoms with van der Waals surface area (Å²) in [7, 11) is 0. The van der Waals surface area contributed by atoms with Gasteiger partial charge in [-0.15, -0.1) is 0 Å². The molecule has 0 saturated carbocycles. The molecule has 126 valence electrons. The van der Waals surface area contributed by atoms with Gasteiger partial charge in [-0.1, -0.05) is 30.3 Å². The third kappa shape index (κ3) is 3.76. The van der Waals surface area contributed by atoms with Crippen molar-refractivity contribution in [2.24, 2.45) is 0 Å². The second-order valence-corrected chi connectivity index (χ2v) is 5.63. The summed E-state index contributed by atoms with van der Waals surface area (Å²) in [6.45, 7) is -1.45. The zero-order valence-corrected chi connectivity index (χ0v) is 12.8. The van der Waals surface area contributed by atoms with E-state index in [9.17, 15) is 18.0 Å². The smallest absolute Gasteiger partial charge is 0.370 e. The van der Waals surface area contributed by atoms with Crippen LogP contribution in [0.4, 0.5) is 13.2 Å². The largest absolute Gasteiger partial charge is 0.411 e. The van der Waals surface area contributed by atoms with Gasteiger partial charge in [0, 0.05) is 12.1 Å². The maximum absolute atomic E-state index is 12.1. The summed E-state index contributed by atoms with van der Waals surface area (Å²) >= 11 is 0. The molecular formula is C18H16F3NO2. The summed E-state index contributed by atoms with van der Waals surface area (Å²) in [6.07, 6.45) is -3.57. The van der Waals surface area contributed by atoms with Crippen molar-refractivity contribution < 1.29 is 22.7 Å². The Balaban J connectivity index is 1.57. The first-order valence-corrected chi connectivity index (χ1v) is 7.58. The molecule has 3 rings (SSSR count). The molecule has 0 fully saturated rings. The van der Waals surface area contributed by atoms with E-state index < -0.39 is 12.8 Å². The number of ether oxygens (including phenoxy) is 1. The minimum absolute atomic E-state index is 0.0340. The predicted molar refractivity (Wildman–Crippen MR) is 83.9 cm³/mol. The van der Waals surface area contributed by atoms with Crippen molar-refractivity contribution in [2.75, 3.05) is 19.8 Å². The molecule has 2 aromatic rings. The molecule has 0 spiro atoms. The van der Waals surface area contributed by atoms with Crippen molar-refractivity contribution in [3.8, 4) is 11.1 Å². The topological polar surface area (TPSA) is 38.3 Å². The van der Waals surface area contributed by atoms with Gasteiger partial charge < -0.3 is 10.1 Å². The molecule has 0 aliphatic heterocycles. The highest BCUT2D eigenvalue weighted by molar-refractivity contribution is 5.95. The van der Waals surface area contributed by atoms with Crippen LogP contribution in [0.15, 0.2) is 42.5 Å². The quantitative estimate of drug-likeness (QED) is 0.724. The molecule has 0 aromatic heterocycles. The van der Waals surface area contributed by atoms with E-state index in [2.05, 4.69) is 22.2 Å². The highest BCUT2D eigenvalue weighted by Gasteiger charge is 2.27. The Kier molecular flexibility index (Phi) is 4.57. The first-order valence-electron chi connectivity index (χ1n) is 7.58. The van der Waals surface area contributed by atoms with Gasteiger partial charge in [-0.2, -0.15) is 13.2 Å². The fourth-order valence-electron chi connectivity index (χ4n) is 2.81. The van der Waals surface area contributed by atoms with Crippen LogP contribution in [-0.4, -0.2) is 31.8 Å². The number of carbonyl (C=O) groups excluding carboxylic acids is 1. The van der Waals surface area contributed by atoms with Crippen LogP contribution in [0.3, 0.4) is 0 Å². The number of amides is 1. The van der Waals surface area contributed by atoms with Crippen molar-refractivity contribution in [1.82, 2.24) is 5.32 Å². The lowest BCUT2D eigenvalue weighted by molar-refractivity contribution is -0.173. The SMILES string of the molecule is O=C(NCCOCC(F)(F)F)c1ccc2c(c1)Cc1ccccc1-2. The molecule has 2 aromatic carbocycles. The fraction of sp³-hybridized carbons (Fsp3) is 0.278. The van der Waals surface area contributed by atoms with E-state index in [0.717, 1.165) is 17.5 Å². The highest BCUT2D eigenvalue weighted by atomic mass is 19.4. The Bertz CT molecular complexity index is 756. The minimum atomic E-state index is -4.35. The van der Waals surface area contributed by atoms with Gasteiger partial charge in [-0.3, -0.25) is 4.79 Å². The average Bonchev–Trinajstić information content (AvgIpc) is 2.91. The number of carbonyl (C=O) groups is 1. The Labute approximate surface area is 137 Å². The van der Waals surface area contributed by atoms with Crippen LogP contribution in [0.25, 0.3) is 11.1 Å². The van der Waals surface area contributed by atoms with Gasteiger partial charge in [0.15, 0.2) is 0 Å². The third-order valence-corrected chi connectivity index (χ3v) is 3.85. The normalized spacial score (nSPS) is 12.6. The van der Waals surface area contributed by atoms with Gasteiger partial charge in [0.2, 0.25) is 0 Å². The predicted octanol–water partition coefficient (Wildman–Crippen LogP) is 3.57. The van der Waals surface area contributed by atoms with Gasteiger partial charge in [0.1, 0.15) is 6.61 Å². The number of hydrogen-bond donors (Lipinski definition) is 1. The molecule has 0 bridgehead atoms. The Morgan fingerprint density at radius 3 is 2.62 bits per heavy atom. The Morgan fingerprint density at radius 2 is 1.83 bits per heavy atom. The first-order chi connectivity index (χ1) is 11.4. The number of fused-ring (bicyclic) bond motifs is 3. The van der Waals surface area contributed by atoms with Gasteiger partial charge in [-0.25, -0.2) is 0 Å². The first kappa shape index (κ1) is 16.5. The second kappa shape index (κ2) is 6.65. The fourth-order valence-corrected chi connectivity index (χ4v) is 2.81. The van der Waals surface area contributed by atoms with Crippen molar-refractivity contribution in [3.63, 3.8) is 0 Å². The third-order valence-electron chi connectivity index (χ3n) is 3.85. The molecule has 6 heteroatoms. The monoisotopic (exact) mass is 335 g/mol. The lowest BCUT2D eigenvalue weighted by atomic mass is 10.0. The number of nitrogens with one attached hydrogen (secondary N) is 1. The van der Waals surface area contributed by atoms with Crippen molar-refractivity contribution >= 4 is 5.91 Å². The summed E-state index contributed by atoms with van der Waals surface area (Å²) in [5, 5.41) is 2.57. The van der Waals surface area contributed by atoms with E-state index in [1.165, 1.54) is 11.1 Å². The molecule has 0 heterocycles. The van der Waals surface area contributed by atoms with Crippen LogP contribution in [0.2, 0.25) is 0 Å². The van der Waals surface area contributed by atoms with Gasteiger partial charge >= 0.3 is 6.18 Å². The van der Waals surface area contributed by atoms with Crippen molar-refractivity contribution in [3.05, 3.63) is 59.2 Å². The van der Waals surface area contributed by atoms with Gasteiger partial charge in [0.25, 0.3) is 5.91 Å². The molecule has 1 aliphatic rings. The zero-order chi connectivity index (χ0) is 17.2. The standard InChI is InChI=1S/C18H16F3NO2/c19-18(20,21)11-24-8-7-22-17(23)13-5-6-16-14(10-13)9-12-3-1-2-4-15(12)16/h1-6,10H,7-9,11H2,(H,22,23). The van der Waals surface area contributed by atoms with Crippen LogP contribution in [-0.2, 0) is 11.2 Å². The highest BCUT2D eigenvalue weighted by Crippen LogP contribution is 2.36. The lowest BCUT2D eigenvalue weighted by Crippen LogP contribution is -2.28. The van der Waals surface area contributed by atoms with E-state index >= 15 is 0 Å². The number of hydrogen-bond acceptors (Lipinski definition) is 2. The van der Waals surface area contributed by atoms with Crippen LogP contribution in [0, 0.1) is 0 Å². The molecule has 0 unspecified atom stereocenters. The Hall–Kier alpha value is -2.34.